The molecule has 0 aromatic rings. The summed E-state index contributed by atoms with van der Waals surface area (Å²) in [4.78, 5) is 13.6. The fraction of sp³-hybridized carbons (Fsp3) is 0.923. The average molecular weight is 245 g/mol. The van der Waals surface area contributed by atoms with Gasteiger partial charge in [-0.15, -0.1) is 0 Å². The molecule has 0 bridgehead atoms. The predicted molar refractivity (Wildman–Crippen MR) is 69.2 cm³/mol. The lowest BCUT2D eigenvalue weighted by atomic mass is 9.81. The molecule has 0 aromatic carbocycles. The van der Waals surface area contributed by atoms with Gasteiger partial charge in [-0.1, -0.05) is 20.8 Å². The third-order valence-electron chi connectivity index (χ3n) is 3.75. The van der Waals surface area contributed by atoms with Gasteiger partial charge in [0, 0.05) is 19.7 Å². The van der Waals surface area contributed by atoms with E-state index in [2.05, 4.69) is 18.7 Å². The van der Waals surface area contributed by atoms with Gasteiger partial charge in [0.1, 0.15) is 0 Å². The molecule has 0 aliphatic heterocycles. The van der Waals surface area contributed by atoms with Crippen LogP contribution in [0.5, 0.6) is 0 Å². The number of ether oxygens (including phenoxy) is 1. The highest BCUT2D eigenvalue weighted by atomic mass is 16.5. The van der Waals surface area contributed by atoms with E-state index in [9.17, 15) is 9.90 Å². The zero-order chi connectivity index (χ0) is 13.5. The Bertz CT molecular complexity index is 227. The molecule has 1 atom stereocenters. The molecule has 0 rings (SSSR count). The van der Waals surface area contributed by atoms with Crippen LogP contribution in [0.4, 0.5) is 0 Å². The molecule has 17 heavy (non-hydrogen) atoms. The first-order chi connectivity index (χ1) is 7.97. The lowest BCUT2D eigenvalue weighted by molar-refractivity contribution is -0.151. The van der Waals surface area contributed by atoms with Crippen molar-refractivity contribution in [2.24, 2.45) is 5.41 Å². The molecule has 0 saturated heterocycles. The van der Waals surface area contributed by atoms with Crippen LogP contribution in [-0.2, 0) is 9.53 Å². The molecule has 0 amide bonds. The van der Waals surface area contributed by atoms with E-state index in [1.807, 2.05) is 13.8 Å². The average Bonchev–Trinajstić information content (AvgIpc) is 2.31. The van der Waals surface area contributed by atoms with Gasteiger partial charge in [-0.25, -0.2) is 0 Å². The maximum absolute atomic E-state index is 11.5. The van der Waals surface area contributed by atoms with Crippen molar-refractivity contribution < 1.29 is 14.6 Å². The topological polar surface area (TPSA) is 49.8 Å². The molecule has 0 radical (unpaired) electrons. The second-order valence-electron chi connectivity index (χ2n) is 4.66. The molecule has 4 heteroatoms. The molecule has 102 valence electrons. The van der Waals surface area contributed by atoms with Gasteiger partial charge in [-0.05, 0) is 26.3 Å². The van der Waals surface area contributed by atoms with Crippen LogP contribution < -0.4 is 0 Å². The standard InChI is InChI=1S/C13H27NO3/c1-6-13(7-2,12(15)16)10-14(8-3)11(4)9-17-5/h11H,6-10H2,1-5H3,(H,15,16). The number of carboxylic acids is 1. The Morgan fingerprint density at radius 3 is 2.18 bits per heavy atom. The van der Waals surface area contributed by atoms with Gasteiger partial charge in [0.25, 0.3) is 0 Å². The van der Waals surface area contributed by atoms with Gasteiger partial charge in [0.05, 0.1) is 12.0 Å². The van der Waals surface area contributed by atoms with E-state index in [0.29, 0.717) is 26.0 Å². The maximum Gasteiger partial charge on any atom is 0.310 e. The summed E-state index contributed by atoms with van der Waals surface area (Å²) in [5.74, 6) is -0.689. The summed E-state index contributed by atoms with van der Waals surface area (Å²) in [5, 5.41) is 9.42. The van der Waals surface area contributed by atoms with Crippen LogP contribution in [0.3, 0.4) is 0 Å². The maximum atomic E-state index is 11.5. The monoisotopic (exact) mass is 245 g/mol. The van der Waals surface area contributed by atoms with E-state index in [0.717, 1.165) is 6.54 Å². The lowest BCUT2D eigenvalue weighted by Crippen LogP contribution is -2.47. The summed E-state index contributed by atoms with van der Waals surface area (Å²) in [6.45, 7) is 10.1. The van der Waals surface area contributed by atoms with Gasteiger partial charge in [-0.3, -0.25) is 9.69 Å². The molecule has 1 N–H and O–H groups in total. The summed E-state index contributed by atoms with van der Waals surface area (Å²) in [6.07, 6.45) is 1.32. The summed E-state index contributed by atoms with van der Waals surface area (Å²) in [7, 11) is 1.68. The highest BCUT2D eigenvalue weighted by molar-refractivity contribution is 5.74. The second-order valence-corrected chi connectivity index (χ2v) is 4.66. The molecule has 1 unspecified atom stereocenters. The van der Waals surface area contributed by atoms with Crippen molar-refractivity contribution in [2.75, 3.05) is 26.8 Å². The van der Waals surface area contributed by atoms with Gasteiger partial charge < -0.3 is 9.84 Å². The van der Waals surface area contributed by atoms with E-state index in [-0.39, 0.29) is 6.04 Å². The van der Waals surface area contributed by atoms with Crippen LogP contribution in [-0.4, -0.2) is 48.8 Å². The number of nitrogens with zero attached hydrogens (tertiary/aromatic N) is 1. The van der Waals surface area contributed by atoms with Gasteiger partial charge in [0.2, 0.25) is 0 Å². The lowest BCUT2D eigenvalue weighted by Gasteiger charge is -2.36. The molecule has 0 aliphatic carbocycles. The SMILES string of the molecule is CCN(CC(CC)(CC)C(=O)O)C(C)COC. The number of methoxy groups -OCH3 is 1. The van der Waals surface area contributed by atoms with E-state index >= 15 is 0 Å². The van der Waals surface area contributed by atoms with Crippen LogP contribution in [0.25, 0.3) is 0 Å². The number of aliphatic carboxylic acids is 1. The van der Waals surface area contributed by atoms with Crippen LogP contribution in [0, 0.1) is 5.41 Å². The van der Waals surface area contributed by atoms with Crippen molar-refractivity contribution in [3.05, 3.63) is 0 Å². The van der Waals surface area contributed by atoms with Crippen LogP contribution >= 0.6 is 0 Å². The number of carbonyl (C=O) groups is 1. The van der Waals surface area contributed by atoms with Gasteiger partial charge in [-0.2, -0.15) is 0 Å². The normalized spacial score (nSPS) is 14.0. The van der Waals surface area contributed by atoms with E-state index < -0.39 is 11.4 Å². The molecule has 0 heterocycles. The van der Waals surface area contributed by atoms with Crippen molar-refractivity contribution in [3.63, 3.8) is 0 Å². The molecule has 4 nitrogen and oxygen atoms in total. The summed E-state index contributed by atoms with van der Waals surface area (Å²) in [6, 6.07) is 0.252. The smallest absolute Gasteiger partial charge is 0.310 e. The second kappa shape index (κ2) is 7.67. The minimum atomic E-state index is -0.689. The quantitative estimate of drug-likeness (QED) is 0.677. The Labute approximate surface area is 105 Å². The Hall–Kier alpha value is -0.610. The first-order valence-corrected chi connectivity index (χ1v) is 6.43. The summed E-state index contributed by atoms with van der Waals surface area (Å²) in [5.41, 5.74) is -0.627. The molecule has 0 saturated carbocycles. The number of likely N-dealkylation sites (N-methyl/N-ethyl adjacent to an activating group) is 1. The number of hydrogen-bond donors (Lipinski definition) is 1. The predicted octanol–water partition coefficient (Wildman–Crippen LogP) is 2.23. The van der Waals surface area contributed by atoms with Crippen molar-refractivity contribution in [2.45, 2.75) is 46.6 Å². The highest BCUT2D eigenvalue weighted by Crippen LogP contribution is 2.28. The highest BCUT2D eigenvalue weighted by Gasteiger charge is 2.37. The van der Waals surface area contributed by atoms with Crippen LogP contribution in [0.2, 0.25) is 0 Å². The van der Waals surface area contributed by atoms with Crippen molar-refractivity contribution >= 4 is 5.97 Å². The first-order valence-electron chi connectivity index (χ1n) is 6.43. The van der Waals surface area contributed by atoms with Gasteiger partial charge in [0.15, 0.2) is 0 Å². The number of carboxylic acid groups (broad SMARTS) is 1. The molecular formula is C13H27NO3. The van der Waals surface area contributed by atoms with Crippen molar-refractivity contribution in [1.82, 2.24) is 4.90 Å². The van der Waals surface area contributed by atoms with Crippen molar-refractivity contribution in [1.29, 1.82) is 0 Å². The van der Waals surface area contributed by atoms with Crippen LogP contribution in [0.15, 0.2) is 0 Å². The molecule has 0 aliphatic rings. The fourth-order valence-electron chi connectivity index (χ4n) is 2.16. The fourth-order valence-corrected chi connectivity index (χ4v) is 2.16. The first kappa shape index (κ1) is 16.4. The Balaban J connectivity index is 4.76. The Morgan fingerprint density at radius 1 is 1.35 bits per heavy atom. The zero-order valence-corrected chi connectivity index (χ0v) is 11.8. The molecule has 0 aromatic heterocycles. The minimum Gasteiger partial charge on any atom is -0.481 e. The molecule has 0 spiro atoms. The van der Waals surface area contributed by atoms with E-state index in [1.165, 1.54) is 0 Å². The van der Waals surface area contributed by atoms with E-state index in [4.69, 9.17) is 4.74 Å². The van der Waals surface area contributed by atoms with Crippen molar-refractivity contribution in [3.8, 4) is 0 Å². The van der Waals surface area contributed by atoms with Gasteiger partial charge >= 0.3 is 5.97 Å². The van der Waals surface area contributed by atoms with E-state index in [1.54, 1.807) is 7.11 Å². The zero-order valence-electron chi connectivity index (χ0n) is 11.8. The number of rotatable bonds is 9. The third kappa shape index (κ3) is 4.28. The largest absolute Gasteiger partial charge is 0.481 e. The molecular weight excluding hydrogens is 218 g/mol. The summed E-state index contributed by atoms with van der Waals surface area (Å²) < 4.78 is 5.14. The number of hydrogen-bond acceptors (Lipinski definition) is 3. The Kier molecular flexibility index (Phi) is 7.39. The summed E-state index contributed by atoms with van der Waals surface area (Å²) >= 11 is 0. The minimum absolute atomic E-state index is 0.252. The third-order valence-corrected chi connectivity index (χ3v) is 3.75. The molecule has 0 fully saturated rings. The Morgan fingerprint density at radius 2 is 1.88 bits per heavy atom. The van der Waals surface area contributed by atoms with Crippen LogP contribution in [0.1, 0.15) is 40.5 Å².